The summed E-state index contributed by atoms with van der Waals surface area (Å²) >= 11 is 0. The molecule has 262 valence electrons. The van der Waals surface area contributed by atoms with Gasteiger partial charge in [0.15, 0.2) is 0 Å². The van der Waals surface area contributed by atoms with Crippen LogP contribution in [0.25, 0.3) is 88.4 Å². The van der Waals surface area contributed by atoms with Gasteiger partial charge in [0.25, 0.3) is 0 Å². The minimum atomic E-state index is 0.509. The van der Waals surface area contributed by atoms with Crippen LogP contribution in [-0.2, 0) is 0 Å². The first kappa shape index (κ1) is 32.9. The van der Waals surface area contributed by atoms with Crippen molar-refractivity contribution in [2.24, 2.45) is 0 Å². The first-order valence-corrected chi connectivity index (χ1v) is 18.8. The topological polar surface area (TPSA) is 57.4 Å². The van der Waals surface area contributed by atoms with Gasteiger partial charge in [-0.05, 0) is 109 Å². The fraction of sp³-hybridized carbons (Fsp3) is 0.0385. The molecular formula is C52H34N4. The van der Waals surface area contributed by atoms with Crippen molar-refractivity contribution in [2.75, 3.05) is 0 Å². The minimum absolute atomic E-state index is 0.509. The van der Waals surface area contributed by atoms with Gasteiger partial charge in [0.2, 0.25) is 0 Å². The Bertz CT molecular complexity index is 3080. The molecule has 0 bridgehead atoms. The average molecular weight is 715 g/mol. The van der Waals surface area contributed by atoms with Crippen molar-refractivity contribution in [1.82, 2.24) is 9.13 Å². The van der Waals surface area contributed by atoms with Gasteiger partial charge in [-0.3, -0.25) is 0 Å². The zero-order valence-corrected chi connectivity index (χ0v) is 31.0. The van der Waals surface area contributed by atoms with Gasteiger partial charge in [-0.25, -0.2) is 0 Å². The molecule has 0 spiro atoms. The molecule has 0 radical (unpaired) electrons. The summed E-state index contributed by atoms with van der Waals surface area (Å²) in [4.78, 5) is 0. The number of para-hydroxylation sites is 2. The summed E-state index contributed by atoms with van der Waals surface area (Å²) < 4.78 is 4.54. The molecule has 56 heavy (non-hydrogen) atoms. The normalized spacial score (nSPS) is 11.4. The van der Waals surface area contributed by atoms with E-state index in [1.54, 1.807) is 0 Å². The van der Waals surface area contributed by atoms with Crippen LogP contribution in [-0.4, -0.2) is 9.13 Å². The Labute approximate surface area is 325 Å². The lowest BCUT2D eigenvalue weighted by Gasteiger charge is -2.15. The van der Waals surface area contributed by atoms with Gasteiger partial charge in [-0.15, -0.1) is 0 Å². The maximum absolute atomic E-state index is 10.5. The summed E-state index contributed by atoms with van der Waals surface area (Å²) in [5.74, 6) is 0. The molecule has 0 fully saturated rings. The van der Waals surface area contributed by atoms with Gasteiger partial charge in [-0.1, -0.05) is 108 Å². The lowest BCUT2D eigenvalue weighted by molar-refractivity contribution is 1.17. The molecule has 2 aromatic heterocycles. The second-order valence-corrected chi connectivity index (χ2v) is 14.6. The number of hydrogen-bond donors (Lipinski definition) is 0. The molecule has 2 heterocycles. The number of nitrogens with zero attached hydrogens (tertiary/aromatic N) is 4. The second kappa shape index (κ2) is 13.0. The fourth-order valence-corrected chi connectivity index (χ4v) is 8.49. The van der Waals surface area contributed by atoms with Gasteiger partial charge in [0, 0.05) is 44.0 Å². The Balaban J connectivity index is 1.16. The molecule has 10 rings (SSSR count). The molecular weight excluding hydrogens is 681 g/mol. The Hall–Kier alpha value is -7.66. The quantitative estimate of drug-likeness (QED) is 0.178. The molecule has 0 unspecified atom stereocenters. The Morgan fingerprint density at radius 3 is 1.20 bits per heavy atom. The largest absolute Gasteiger partial charge is 0.309 e. The van der Waals surface area contributed by atoms with Crippen molar-refractivity contribution >= 4 is 43.6 Å². The van der Waals surface area contributed by atoms with Crippen LogP contribution in [0.15, 0.2) is 170 Å². The third kappa shape index (κ3) is 5.28. The van der Waals surface area contributed by atoms with E-state index >= 15 is 0 Å². The van der Waals surface area contributed by atoms with E-state index in [9.17, 15) is 10.5 Å². The molecule has 4 heteroatoms. The lowest BCUT2D eigenvalue weighted by Crippen LogP contribution is -1.99. The standard InChI is InChI=1S/C52H34N4/c1-33-9-7-11-35(25-33)37-19-23-51-47(27-37)43-13-3-5-15-49(43)55(51)41-21-17-39(31-53)45(29-41)46-30-42(22-18-40(46)32-54)56-50-16-6-4-14-44(50)48-28-38(20-24-52(48)56)36-12-8-10-34(2)26-36/h3-30H,1-2H3. The van der Waals surface area contributed by atoms with Gasteiger partial charge in [0.1, 0.15) is 0 Å². The van der Waals surface area contributed by atoms with Crippen molar-refractivity contribution in [3.05, 3.63) is 192 Å². The van der Waals surface area contributed by atoms with E-state index in [4.69, 9.17) is 0 Å². The SMILES string of the molecule is Cc1cccc(-c2ccc3c(c2)c2ccccc2n3-c2ccc(C#N)c(-c3cc(-n4c5ccccc5c5cc(-c6cccc(C)c6)ccc54)ccc3C#N)c2)c1. The van der Waals surface area contributed by atoms with E-state index in [1.807, 2.05) is 24.3 Å². The summed E-state index contributed by atoms with van der Waals surface area (Å²) in [5.41, 5.74) is 15.7. The molecule has 0 aliphatic rings. The Morgan fingerprint density at radius 2 is 0.768 bits per heavy atom. The number of fused-ring (bicyclic) bond motifs is 6. The highest BCUT2D eigenvalue weighted by molar-refractivity contribution is 6.12. The van der Waals surface area contributed by atoms with E-state index < -0.39 is 0 Å². The predicted octanol–water partition coefficient (Wildman–Crippen LogP) is 13.2. The van der Waals surface area contributed by atoms with Crippen LogP contribution >= 0.6 is 0 Å². The number of aryl methyl sites for hydroxylation is 2. The maximum Gasteiger partial charge on any atom is 0.0998 e. The summed E-state index contributed by atoms with van der Waals surface area (Å²) in [7, 11) is 0. The van der Waals surface area contributed by atoms with Crippen LogP contribution < -0.4 is 0 Å². The minimum Gasteiger partial charge on any atom is -0.309 e. The van der Waals surface area contributed by atoms with Crippen LogP contribution in [0.5, 0.6) is 0 Å². The van der Waals surface area contributed by atoms with Crippen LogP contribution in [0.3, 0.4) is 0 Å². The summed E-state index contributed by atoms with van der Waals surface area (Å²) in [5, 5.41) is 25.6. The molecule has 0 aliphatic heterocycles. The molecule has 0 saturated carbocycles. The van der Waals surface area contributed by atoms with Gasteiger partial charge < -0.3 is 9.13 Å². The van der Waals surface area contributed by atoms with Crippen LogP contribution in [0.2, 0.25) is 0 Å². The average Bonchev–Trinajstić information content (AvgIpc) is 3.75. The molecule has 0 amide bonds. The third-order valence-electron chi connectivity index (χ3n) is 11.1. The van der Waals surface area contributed by atoms with Gasteiger partial charge in [0.05, 0.1) is 45.3 Å². The van der Waals surface area contributed by atoms with Crippen molar-refractivity contribution in [1.29, 1.82) is 10.5 Å². The number of rotatable bonds is 5. The number of aromatic nitrogens is 2. The molecule has 0 atom stereocenters. The summed E-state index contributed by atoms with van der Waals surface area (Å²) in [6, 6.07) is 64.2. The molecule has 8 aromatic carbocycles. The van der Waals surface area contributed by atoms with Gasteiger partial charge >= 0.3 is 0 Å². The van der Waals surface area contributed by atoms with Crippen LogP contribution in [0.4, 0.5) is 0 Å². The maximum atomic E-state index is 10.5. The number of hydrogen-bond acceptors (Lipinski definition) is 2. The highest BCUT2D eigenvalue weighted by Crippen LogP contribution is 2.40. The smallest absolute Gasteiger partial charge is 0.0998 e. The van der Waals surface area contributed by atoms with Crippen molar-refractivity contribution in [3.63, 3.8) is 0 Å². The summed E-state index contributed by atoms with van der Waals surface area (Å²) in [6.07, 6.45) is 0. The van der Waals surface area contributed by atoms with Crippen molar-refractivity contribution < 1.29 is 0 Å². The van der Waals surface area contributed by atoms with E-state index in [0.717, 1.165) is 66.1 Å². The third-order valence-corrected chi connectivity index (χ3v) is 11.1. The molecule has 4 nitrogen and oxygen atoms in total. The monoisotopic (exact) mass is 714 g/mol. The van der Waals surface area contributed by atoms with Gasteiger partial charge in [-0.2, -0.15) is 10.5 Å². The van der Waals surface area contributed by atoms with Crippen LogP contribution in [0, 0.1) is 36.5 Å². The molecule has 0 saturated heterocycles. The second-order valence-electron chi connectivity index (χ2n) is 14.6. The molecule has 10 aromatic rings. The summed E-state index contributed by atoms with van der Waals surface area (Å²) in [6.45, 7) is 4.24. The molecule has 0 aliphatic carbocycles. The van der Waals surface area contributed by atoms with E-state index in [0.29, 0.717) is 22.3 Å². The Morgan fingerprint density at radius 1 is 0.357 bits per heavy atom. The zero-order valence-electron chi connectivity index (χ0n) is 31.0. The lowest BCUT2D eigenvalue weighted by atomic mass is 9.95. The van der Waals surface area contributed by atoms with Crippen molar-refractivity contribution in [3.8, 4) is 56.9 Å². The first-order chi connectivity index (χ1) is 27.5. The predicted molar refractivity (Wildman–Crippen MR) is 230 cm³/mol. The first-order valence-electron chi connectivity index (χ1n) is 18.8. The zero-order chi connectivity index (χ0) is 37.9. The van der Waals surface area contributed by atoms with E-state index in [2.05, 4.69) is 181 Å². The highest BCUT2D eigenvalue weighted by Gasteiger charge is 2.19. The molecule has 0 N–H and O–H groups in total. The fourth-order valence-electron chi connectivity index (χ4n) is 8.49. The highest BCUT2D eigenvalue weighted by atomic mass is 15.0. The van der Waals surface area contributed by atoms with Crippen LogP contribution in [0.1, 0.15) is 22.3 Å². The number of nitriles is 2. The number of benzene rings is 8. The van der Waals surface area contributed by atoms with Crippen molar-refractivity contribution in [2.45, 2.75) is 13.8 Å². The Kier molecular flexibility index (Phi) is 7.66. The van der Waals surface area contributed by atoms with E-state index in [1.165, 1.54) is 22.3 Å². The van der Waals surface area contributed by atoms with E-state index in [-0.39, 0.29) is 0 Å².